The van der Waals surface area contributed by atoms with Gasteiger partial charge in [0.05, 0.1) is 19.0 Å². The first-order valence-electron chi connectivity index (χ1n) is 10.2. The van der Waals surface area contributed by atoms with Gasteiger partial charge in [-0.15, -0.1) is 0 Å². The molecule has 3 aromatic rings. The van der Waals surface area contributed by atoms with E-state index in [2.05, 4.69) is 26.4 Å². The van der Waals surface area contributed by atoms with Gasteiger partial charge in [0, 0.05) is 22.2 Å². The first-order chi connectivity index (χ1) is 15.1. The Bertz CT molecular complexity index is 1060. The van der Waals surface area contributed by atoms with E-state index in [1.54, 1.807) is 12.1 Å². The van der Waals surface area contributed by atoms with Crippen LogP contribution in [0.15, 0.2) is 53.1 Å². The van der Waals surface area contributed by atoms with E-state index in [-0.39, 0.29) is 11.8 Å². The van der Waals surface area contributed by atoms with Crippen LogP contribution in [0.1, 0.15) is 24.3 Å². The van der Waals surface area contributed by atoms with Crippen molar-refractivity contribution in [1.82, 2.24) is 15.0 Å². The van der Waals surface area contributed by atoms with Crippen LogP contribution in [-0.4, -0.2) is 34.0 Å². The van der Waals surface area contributed by atoms with E-state index >= 15 is 0 Å². The van der Waals surface area contributed by atoms with Gasteiger partial charge in [0.15, 0.2) is 0 Å². The van der Waals surface area contributed by atoms with Gasteiger partial charge in [-0.05, 0) is 67.9 Å². The Kier molecular flexibility index (Phi) is 6.60. The molecule has 7 nitrogen and oxygen atoms in total. The number of nitriles is 1. The summed E-state index contributed by atoms with van der Waals surface area (Å²) in [6.45, 7) is 2.14. The van der Waals surface area contributed by atoms with E-state index in [0.717, 1.165) is 42.7 Å². The molecule has 0 bridgehead atoms. The number of halogens is 1. The molecule has 2 heterocycles. The van der Waals surface area contributed by atoms with Gasteiger partial charge in [-0.3, -0.25) is 9.69 Å². The molecule has 1 N–H and O–H groups in total. The van der Waals surface area contributed by atoms with Crippen LogP contribution >= 0.6 is 11.6 Å². The number of hydrogen-bond donors (Lipinski definition) is 1. The molecule has 2 aromatic carbocycles. The molecule has 0 aliphatic carbocycles. The minimum absolute atomic E-state index is 0.0256. The van der Waals surface area contributed by atoms with Gasteiger partial charge in [-0.1, -0.05) is 28.9 Å². The highest BCUT2D eigenvalue weighted by atomic mass is 35.5. The Balaban J connectivity index is 1.26. The van der Waals surface area contributed by atoms with Crippen LogP contribution in [0.3, 0.4) is 0 Å². The van der Waals surface area contributed by atoms with Gasteiger partial charge in [0.25, 0.3) is 0 Å². The second kappa shape index (κ2) is 9.73. The summed E-state index contributed by atoms with van der Waals surface area (Å²) in [6, 6.07) is 16.8. The summed E-state index contributed by atoms with van der Waals surface area (Å²) in [5.74, 6) is 1.12. The number of aromatic nitrogens is 2. The fourth-order valence-electron chi connectivity index (χ4n) is 3.62. The number of amides is 1. The molecule has 8 heteroatoms. The molecule has 0 atom stereocenters. The van der Waals surface area contributed by atoms with E-state index in [9.17, 15) is 4.79 Å². The first-order valence-corrected chi connectivity index (χ1v) is 10.6. The minimum atomic E-state index is -0.0256. The molecule has 1 saturated heterocycles. The van der Waals surface area contributed by atoms with Crippen molar-refractivity contribution in [3.05, 3.63) is 65.0 Å². The van der Waals surface area contributed by atoms with Gasteiger partial charge >= 0.3 is 0 Å². The normalized spacial score (nSPS) is 14.8. The Morgan fingerprint density at radius 3 is 2.55 bits per heavy atom. The maximum atomic E-state index is 12.6. The highest BCUT2D eigenvalue weighted by Crippen LogP contribution is 2.23. The number of carbonyl (C=O) groups is 1. The fourth-order valence-corrected chi connectivity index (χ4v) is 3.75. The third kappa shape index (κ3) is 5.48. The molecule has 1 aromatic heterocycles. The lowest BCUT2D eigenvalue weighted by Crippen LogP contribution is -2.37. The highest BCUT2D eigenvalue weighted by molar-refractivity contribution is 6.30. The molecule has 31 heavy (non-hydrogen) atoms. The van der Waals surface area contributed by atoms with E-state index in [4.69, 9.17) is 21.4 Å². The molecule has 0 saturated carbocycles. The lowest BCUT2D eigenvalue weighted by atomic mass is 9.95. The van der Waals surface area contributed by atoms with Gasteiger partial charge in [0.2, 0.25) is 17.6 Å². The summed E-state index contributed by atoms with van der Waals surface area (Å²) < 4.78 is 5.40. The third-order valence-corrected chi connectivity index (χ3v) is 5.64. The average Bonchev–Trinajstić information content (AvgIpc) is 3.25. The van der Waals surface area contributed by atoms with Crippen LogP contribution in [0.4, 0.5) is 5.69 Å². The molecule has 1 amide bonds. The molecular formula is C23H22ClN5O2. The van der Waals surface area contributed by atoms with Gasteiger partial charge in [0.1, 0.15) is 0 Å². The lowest BCUT2D eigenvalue weighted by molar-refractivity contribution is -0.121. The zero-order valence-electron chi connectivity index (χ0n) is 16.9. The van der Waals surface area contributed by atoms with Crippen molar-refractivity contribution in [2.75, 3.05) is 18.4 Å². The number of likely N-dealkylation sites (tertiary alicyclic amines) is 1. The lowest BCUT2D eigenvalue weighted by Gasteiger charge is -2.30. The maximum Gasteiger partial charge on any atom is 0.241 e. The number of hydrogen-bond acceptors (Lipinski definition) is 6. The van der Waals surface area contributed by atoms with Crippen molar-refractivity contribution in [2.45, 2.75) is 25.8 Å². The molecule has 1 aliphatic rings. The van der Waals surface area contributed by atoms with E-state index in [0.29, 0.717) is 29.7 Å². The van der Waals surface area contributed by atoms with Crippen LogP contribution in [0.5, 0.6) is 0 Å². The van der Waals surface area contributed by atoms with Crippen LogP contribution in [-0.2, 0) is 17.8 Å². The quantitative estimate of drug-likeness (QED) is 0.620. The van der Waals surface area contributed by atoms with E-state index in [1.165, 1.54) is 0 Å². The smallest absolute Gasteiger partial charge is 0.241 e. The van der Waals surface area contributed by atoms with Gasteiger partial charge in [-0.2, -0.15) is 10.2 Å². The Morgan fingerprint density at radius 1 is 1.16 bits per heavy atom. The van der Waals surface area contributed by atoms with Gasteiger partial charge < -0.3 is 9.84 Å². The minimum Gasteiger partial charge on any atom is -0.338 e. The van der Waals surface area contributed by atoms with Crippen LogP contribution < -0.4 is 5.32 Å². The van der Waals surface area contributed by atoms with Gasteiger partial charge in [-0.25, -0.2) is 0 Å². The summed E-state index contributed by atoms with van der Waals surface area (Å²) >= 11 is 5.92. The largest absolute Gasteiger partial charge is 0.338 e. The molecular weight excluding hydrogens is 414 g/mol. The summed E-state index contributed by atoms with van der Waals surface area (Å²) in [6.07, 6.45) is 1.92. The number of benzene rings is 2. The van der Waals surface area contributed by atoms with Crippen molar-refractivity contribution >= 4 is 23.2 Å². The monoisotopic (exact) mass is 435 g/mol. The molecule has 1 aliphatic heterocycles. The molecule has 0 radical (unpaired) electrons. The molecule has 0 unspecified atom stereocenters. The standard InChI is InChI=1S/C23H22ClN5O2/c24-19-5-3-17(4-6-19)22-27-21(31-28-22)15-29-13-10-18(11-14-29)23(30)26-20-7-1-16(2-8-20)9-12-25/h1-8,18H,9-11,13-15H2,(H,26,30). The second-order valence-corrected chi connectivity index (χ2v) is 8.03. The summed E-state index contributed by atoms with van der Waals surface area (Å²) in [4.78, 5) is 19.3. The van der Waals surface area contributed by atoms with Crippen molar-refractivity contribution < 1.29 is 9.32 Å². The topological polar surface area (TPSA) is 95.1 Å². The summed E-state index contributed by atoms with van der Waals surface area (Å²) in [7, 11) is 0. The zero-order valence-corrected chi connectivity index (χ0v) is 17.7. The van der Waals surface area contributed by atoms with Crippen molar-refractivity contribution in [3.63, 3.8) is 0 Å². The number of nitrogens with one attached hydrogen (secondary N) is 1. The van der Waals surface area contributed by atoms with Crippen LogP contribution in [0, 0.1) is 17.2 Å². The van der Waals surface area contributed by atoms with Crippen LogP contribution in [0.25, 0.3) is 11.4 Å². The second-order valence-electron chi connectivity index (χ2n) is 7.59. The van der Waals surface area contributed by atoms with E-state index < -0.39 is 0 Å². The zero-order chi connectivity index (χ0) is 21.6. The van der Waals surface area contributed by atoms with Crippen molar-refractivity contribution in [1.29, 1.82) is 5.26 Å². The molecule has 1 fully saturated rings. The molecule has 4 rings (SSSR count). The number of piperidine rings is 1. The number of carbonyl (C=O) groups excluding carboxylic acids is 1. The Morgan fingerprint density at radius 2 is 1.87 bits per heavy atom. The van der Waals surface area contributed by atoms with Crippen LogP contribution in [0.2, 0.25) is 5.02 Å². The Hall–Kier alpha value is -3.21. The average molecular weight is 436 g/mol. The van der Waals surface area contributed by atoms with Crippen molar-refractivity contribution in [3.8, 4) is 17.5 Å². The van der Waals surface area contributed by atoms with E-state index in [1.807, 2.05) is 36.4 Å². The highest BCUT2D eigenvalue weighted by Gasteiger charge is 2.26. The molecule has 158 valence electrons. The Labute approximate surface area is 185 Å². The third-order valence-electron chi connectivity index (χ3n) is 5.39. The molecule has 0 spiro atoms. The van der Waals surface area contributed by atoms with Crippen molar-refractivity contribution in [2.24, 2.45) is 5.92 Å². The number of nitrogens with zero attached hydrogens (tertiary/aromatic N) is 4. The SMILES string of the molecule is N#CCc1ccc(NC(=O)C2CCN(Cc3nc(-c4ccc(Cl)cc4)no3)CC2)cc1. The summed E-state index contributed by atoms with van der Waals surface area (Å²) in [5, 5.41) is 16.4. The number of anilines is 1. The number of rotatable bonds is 6. The first kappa shape index (κ1) is 21.0. The predicted molar refractivity (Wildman–Crippen MR) is 117 cm³/mol. The maximum absolute atomic E-state index is 12.6. The summed E-state index contributed by atoms with van der Waals surface area (Å²) in [5.41, 5.74) is 2.55. The predicted octanol–water partition coefficient (Wildman–Crippen LogP) is 4.31. The fraction of sp³-hybridized carbons (Fsp3) is 0.304.